The Bertz CT molecular complexity index is 733. The molecule has 2 N–H and O–H groups in total. The third kappa shape index (κ3) is 3.50. The lowest BCUT2D eigenvalue weighted by molar-refractivity contribution is -0.123. The monoisotopic (exact) mass is 351 g/mol. The fourth-order valence-corrected chi connectivity index (χ4v) is 4.00. The molecule has 0 unspecified atom stereocenters. The Balaban J connectivity index is 1.52. The van der Waals surface area contributed by atoms with Crippen molar-refractivity contribution in [2.45, 2.75) is 37.4 Å². The molecule has 2 heterocycles. The number of aliphatic hydroxyl groups excluding tert-OH is 1. The third-order valence-electron chi connectivity index (χ3n) is 5.56. The van der Waals surface area contributed by atoms with E-state index in [1.54, 1.807) is 6.20 Å². The second-order valence-corrected chi connectivity index (χ2v) is 7.27. The van der Waals surface area contributed by atoms with Crippen molar-refractivity contribution in [2.24, 2.45) is 5.92 Å². The molecule has 1 aliphatic carbocycles. The molecule has 1 saturated heterocycles. The lowest BCUT2D eigenvalue weighted by Gasteiger charge is -2.55. The maximum atomic E-state index is 12.1. The Morgan fingerprint density at radius 3 is 2.54 bits per heavy atom. The summed E-state index contributed by atoms with van der Waals surface area (Å²) in [5.74, 6) is 0.592. The number of nitrogens with one attached hydrogen (secondary N) is 1. The van der Waals surface area contributed by atoms with Gasteiger partial charge in [0.15, 0.2) is 0 Å². The van der Waals surface area contributed by atoms with E-state index < -0.39 is 0 Å². The van der Waals surface area contributed by atoms with Gasteiger partial charge in [-0.25, -0.2) is 0 Å². The SMILES string of the molecule is O=C(NC[C@H]1[C@H](c2ccccc2)[C@H](CO)N1Cc1ccccn1)C1CC1. The molecule has 26 heavy (non-hydrogen) atoms. The summed E-state index contributed by atoms with van der Waals surface area (Å²) in [5, 5.41) is 13.1. The molecular formula is C21H25N3O2. The molecule has 0 radical (unpaired) electrons. The van der Waals surface area contributed by atoms with Crippen LogP contribution in [0.4, 0.5) is 0 Å². The number of rotatable bonds is 7. The predicted octanol–water partition coefficient (Wildman–Crippen LogP) is 1.94. The van der Waals surface area contributed by atoms with Crippen LogP contribution in [0, 0.1) is 5.92 Å². The molecule has 1 amide bonds. The van der Waals surface area contributed by atoms with Crippen LogP contribution < -0.4 is 5.32 Å². The van der Waals surface area contributed by atoms with Crippen molar-refractivity contribution in [3.63, 3.8) is 0 Å². The van der Waals surface area contributed by atoms with Crippen molar-refractivity contribution in [3.8, 4) is 0 Å². The third-order valence-corrected chi connectivity index (χ3v) is 5.56. The number of likely N-dealkylation sites (tertiary alicyclic amines) is 1. The van der Waals surface area contributed by atoms with Crippen LogP contribution in [0.5, 0.6) is 0 Å². The molecule has 1 aromatic carbocycles. The Labute approximate surface area is 154 Å². The number of pyridine rings is 1. The van der Waals surface area contributed by atoms with E-state index in [1.165, 1.54) is 5.56 Å². The molecule has 2 aliphatic rings. The molecule has 5 nitrogen and oxygen atoms in total. The zero-order chi connectivity index (χ0) is 17.9. The van der Waals surface area contributed by atoms with Crippen molar-refractivity contribution < 1.29 is 9.90 Å². The highest BCUT2D eigenvalue weighted by atomic mass is 16.3. The van der Waals surface area contributed by atoms with Gasteiger partial charge < -0.3 is 10.4 Å². The minimum atomic E-state index is 0.0437. The summed E-state index contributed by atoms with van der Waals surface area (Å²) in [7, 11) is 0. The van der Waals surface area contributed by atoms with E-state index in [0.29, 0.717) is 13.1 Å². The van der Waals surface area contributed by atoms with E-state index >= 15 is 0 Å². The number of hydrogen-bond donors (Lipinski definition) is 2. The number of aromatic nitrogens is 1. The van der Waals surface area contributed by atoms with Gasteiger partial charge in [-0.15, -0.1) is 0 Å². The van der Waals surface area contributed by atoms with E-state index in [1.807, 2.05) is 36.4 Å². The van der Waals surface area contributed by atoms with Crippen molar-refractivity contribution >= 4 is 5.91 Å². The maximum absolute atomic E-state index is 12.1. The van der Waals surface area contributed by atoms with Gasteiger partial charge in [0.25, 0.3) is 0 Å². The first-order valence-electron chi connectivity index (χ1n) is 9.37. The van der Waals surface area contributed by atoms with Gasteiger partial charge in [-0.2, -0.15) is 0 Å². The van der Waals surface area contributed by atoms with Crippen LogP contribution in [0.3, 0.4) is 0 Å². The number of carbonyl (C=O) groups excluding carboxylic acids is 1. The van der Waals surface area contributed by atoms with Gasteiger partial charge in [-0.1, -0.05) is 36.4 Å². The first-order chi connectivity index (χ1) is 12.8. The summed E-state index contributed by atoms with van der Waals surface area (Å²) >= 11 is 0. The van der Waals surface area contributed by atoms with E-state index in [9.17, 15) is 9.90 Å². The molecule has 0 spiro atoms. The van der Waals surface area contributed by atoms with Gasteiger partial charge in [0.05, 0.1) is 12.3 Å². The first kappa shape index (κ1) is 17.2. The van der Waals surface area contributed by atoms with E-state index in [0.717, 1.165) is 18.5 Å². The van der Waals surface area contributed by atoms with Gasteiger partial charge >= 0.3 is 0 Å². The first-order valence-corrected chi connectivity index (χ1v) is 9.37. The van der Waals surface area contributed by atoms with E-state index in [4.69, 9.17) is 0 Å². The molecule has 2 fully saturated rings. The Morgan fingerprint density at radius 1 is 1.12 bits per heavy atom. The summed E-state index contributed by atoms with van der Waals surface area (Å²) in [6.45, 7) is 1.39. The van der Waals surface area contributed by atoms with Gasteiger partial charge in [-0.3, -0.25) is 14.7 Å². The standard InChI is InChI=1S/C21H25N3O2/c25-14-19-20(15-6-2-1-3-7-15)18(12-23-21(26)16-9-10-16)24(19)13-17-8-4-5-11-22-17/h1-8,11,16,18-20,25H,9-10,12-14H2,(H,23,26)/t18-,19-,20-/m0/s1. The Morgan fingerprint density at radius 2 is 1.88 bits per heavy atom. The van der Waals surface area contributed by atoms with Crippen LogP contribution in [0.2, 0.25) is 0 Å². The van der Waals surface area contributed by atoms with Gasteiger partial charge in [0.1, 0.15) is 0 Å². The lowest BCUT2D eigenvalue weighted by Crippen LogP contribution is -2.66. The normalized spacial score (nSPS) is 25.5. The van der Waals surface area contributed by atoms with Gasteiger partial charge in [-0.05, 0) is 30.5 Å². The summed E-state index contributed by atoms with van der Waals surface area (Å²) in [6, 6.07) is 16.4. The summed E-state index contributed by atoms with van der Waals surface area (Å²) in [5.41, 5.74) is 2.20. The van der Waals surface area contributed by atoms with E-state index in [-0.39, 0.29) is 36.4 Å². The largest absolute Gasteiger partial charge is 0.395 e. The van der Waals surface area contributed by atoms with Crippen LogP contribution in [0.25, 0.3) is 0 Å². The van der Waals surface area contributed by atoms with Crippen LogP contribution in [0.1, 0.15) is 30.0 Å². The second-order valence-electron chi connectivity index (χ2n) is 7.27. The minimum absolute atomic E-state index is 0.0437. The molecule has 1 saturated carbocycles. The Kier molecular flexibility index (Phi) is 5.00. The summed E-state index contributed by atoms with van der Waals surface area (Å²) < 4.78 is 0. The number of hydrogen-bond acceptors (Lipinski definition) is 4. The quantitative estimate of drug-likeness (QED) is 0.800. The average Bonchev–Trinajstić information content (AvgIpc) is 3.52. The molecule has 3 atom stereocenters. The fourth-order valence-electron chi connectivity index (χ4n) is 4.00. The summed E-state index contributed by atoms with van der Waals surface area (Å²) in [4.78, 5) is 18.8. The molecule has 1 aliphatic heterocycles. The Hall–Kier alpha value is -2.24. The molecule has 2 aromatic rings. The highest BCUT2D eigenvalue weighted by Gasteiger charge is 2.48. The van der Waals surface area contributed by atoms with Crippen LogP contribution >= 0.6 is 0 Å². The maximum Gasteiger partial charge on any atom is 0.223 e. The van der Waals surface area contributed by atoms with Crippen molar-refractivity contribution in [2.75, 3.05) is 13.2 Å². The summed E-state index contributed by atoms with van der Waals surface area (Å²) in [6.07, 6.45) is 3.81. The zero-order valence-corrected chi connectivity index (χ0v) is 14.8. The van der Waals surface area contributed by atoms with E-state index in [2.05, 4.69) is 27.3 Å². The molecule has 136 valence electrons. The van der Waals surface area contributed by atoms with Crippen molar-refractivity contribution in [1.29, 1.82) is 0 Å². The highest BCUT2D eigenvalue weighted by molar-refractivity contribution is 5.80. The predicted molar refractivity (Wildman–Crippen MR) is 99.4 cm³/mol. The number of nitrogens with zero attached hydrogens (tertiary/aromatic N) is 2. The molecule has 1 aromatic heterocycles. The van der Waals surface area contributed by atoms with Gasteiger partial charge in [0.2, 0.25) is 5.91 Å². The van der Waals surface area contributed by atoms with Crippen LogP contribution in [-0.2, 0) is 11.3 Å². The fraction of sp³-hybridized carbons (Fsp3) is 0.429. The van der Waals surface area contributed by atoms with Crippen molar-refractivity contribution in [3.05, 3.63) is 66.0 Å². The molecule has 0 bridgehead atoms. The number of aliphatic hydroxyl groups is 1. The second kappa shape index (κ2) is 7.56. The number of benzene rings is 1. The zero-order valence-electron chi connectivity index (χ0n) is 14.8. The number of amides is 1. The molecular weight excluding hydrogens is 326 g/mol. The topological polar surface area (TPSA) is 65.5 Å². The molecule has 4 rings (SSSR count). The van der Waals surface area contributed by atoms with Gasteiger partial charge in [0, 0.05) is 43.2 Å². The van der Waals surface area contributed by atoms with Crippen LogP contribution in [-0.4, -0.2) is 46.1 Å². The number of carbonyl (C=O) groups is 1. The molecule has 5 heteroatoms. The average molecular weight is 351 g/mol. The highest BCUT2D eigenvalue weighted by Crippen LogP contribution is 2.41. The minimum Gasteiger partial charge on any atom is -0.395 e. The smallest absolute Gasteiger partial charge is 0.223 e. The lowest BCUT2D eigenvalue weighted by atomic mass is 9.75. The van der Waals surface area contributed by atoms with Crippen molar-refractivity contribution in [1.82, 2.24) is 15.2 Å². The van der Waals surface area contributed by atoms with Crippen LogP contribution in [0.15, 0.2) is 54.7 Å².